The third-order valence-electron chi connectivity index (χ3n) is 3.12. The number of nitrogens with zero attached hydrogens (tertiary/aromatic N) is 3. The smallest absolute Gasteiger partial charge is 0.405 e. The Morgan fingerprint density at radius 3 is 2.95 bits per heavy atom. The van der Waals surface area contributed by atoms with E-state index in [0.29, 0.717) is 11.5 Å². The second-order valence-corrected chi connectivity index (χ2v) is 4.64. The van der Waals surface area contributed by atoms with Crippen molar-refractivity contribution >= 4 is 17.3 Å². The van der Waals surface area contributed by atoms with Crippen molar-refractivity contribution in [2.75, 3.05) is 0 Å². The van der Waals surface area contributed by atoms with Crippen LogP contribution in [0.5, 0.6) is 0 Å². The molecule has 3 rings (SSSR count). The van der Waals surface area contributed by atoms with Crippen molar-refractivity contribution in [1.82, 2.24) is 25.4 Å². The third kappa shape index (κ3) is 2.42. The first kappa shape index (κ1) is 13.1. The van der Waals surface area contributed by atoms with E-state index in [-0.39, 0.29) is 6.54 Å². The van der Waals surface area contributed by atoms with Gasteiger partial charge in [-0.1, -0.05) is 5.16 Å². The SMILES string of the molecule is Cc1noc(C)c1-c1cnc2nc(CNC(=O)O)[nH]c2c1. The number of carboxylic acid groups (broad SMARTS) is 1. The molecule has 0 unspecified atom stereocenters. The number of carbonyl (C=O) groups is 1. The molecule has 0 aliphatic heterocycles. The fraction of sp³-hybridized carbons (Fsp3) is 0.231. The van der Waals surface area contributed by atoms with Gasteiger partial charge in [-0.25, -0.2) is 14.8 Å². The van der Waals surface area contributed by atoms with Gasteiger partial charge in [0.15, 0.2) is 5.65 Å². The quantitative estimate of drug-likeness (QED) is 0.678. The van der Waals surface area contributed by atoms with E-state index in [9.17, 15) is 4.79 Å². The average Bonchev–Trinajstić information content (AvgIpc) is 2.99. The maximum atomic E-state index is 10.5. The minimum atomic E-state index is -1.10. The van der Waals surface area contributed by atoms with E-state index in [0.717, 1.165) is 28.1 Å². The number of amides is 1. The Hall–Kier alpha value is -2.90. The molecule has 0 atom stereocenters. The molecule has 108 valence electrons. The van der Waals surface area contributed by atoms with E-state index >= 15 is 0 Å². The van der Waals surface area contributed by atoms with E-state index in [1.165, 1.54) is 0 Å². The van der Waals surface area contributed by atoms with Crippen LogP contribution in [0.15, 0.2) is 16.8 Å². The number of pyridine rings is 1. The number of rotatable bonds is 3. The Balaban J connectivity index is 1.98. The van der Waals surface area contributed by atoms with Crippen molar-refractivity contribution in [2.24, 2.45) is 0 Å². The Morgan fingerprint density at radius 1 is 1.48 bits per heavy atom. The van der Waals surface area contributed by atoms with Crippen LogP contribution in [0.4, 0.5) is 4.79 Å². The largest absolute Gasteiger partial charge is 0.465 e. The molecule has 3 aromatic rings. The van der Waals surface area contributed by atoms with Crippen LogP contribution in [-0.2, 0) is 6.54 Å². The molecule has 0 fully saturated rings. The molecule has 0 saturated carbocycles. The van der Waals surface area contributed by atoms with E-state index in [2.05, 4.69) is 25.4 Å². The maximum Gasteiger partial charge on any atom is 0.405 e. The molecule has 0 saturated heterocycles. The number of hydrogen-bond acceptors (Lipinski definition) is 5. The molecule has 0 aliphatic rings. The van der Waals surface area contributed by atoms with Crippen molar-refractivity contribution in [3.05, 3.63) is 29.5 Å². The molecule has 8 nitrogen and oxygen atoms in total. The number of nitrogens with one attached hydrogen (secondary N) is 2. The standard InChI is InChI=1S/C13H13N5O3/c1-6-11(7(2)21-18-6)8-3-9-12(14-4-8)17-10(16-9)5-15-13(19)20/h3-4,15H,5H2,1-2H3,(H,19,20)(H,14,16,17). The van der Waals surface area contributed by atoms with Gasteiger partial charge in [-0.15, -0.1) is 0 Å². The lowest BCUT2D eigenvalue weighted by molar-refractivity contribution is 0.193. The van der Waals surface area contributed by atoms with Crippen LogP contribution in [0, 0.1) is 13.8 Å². The molecule has 0 radical (unpaired) electrons. The molecule has 0 bridgehead atoms. The average molecular weight is 287 g/mol. The highest BCUT2D eigenvalue weighted by atomic mass is 16.5. The van der Waals surface area contributed by atoms with Gasteiger partial charge in [0.05, 0.1) is 17.8 Å². The predicted octanol–water partition coefficient (Wildman–Crippen LogP) is 2.00. The monoisotopic (exact) mass is 287 g/mol. The van der Waals surface area contributed by atoms with Crippen LogP contribution in [-0.4, -0.2) is 31.3 Å². The summed E-state index contributed by atoms with van der Waals surface area (Å²) in [6.45, 7) is 3.81. The molecule has 0 aliphatic carbocycles. The van der Waals surface area contributed by atoms with Gasteiger partial charge in [-0.05, 0) is 19.9 Å². The first-order chi connectivity index (χ1) is 10.0. The summed E-state index contributed by atoms with van der Waals surface area (Å²) >= 11 is 0. The number of imidazole rings is 1. The lowest BCUT2D eigenvalue weighted by Gasteiger charge is -1.99. The van der Waals surface area contributed by atoms with Crippen molar-refractivity contribution in [3.63, 3.8) is 0 Å². The minimum absolute atomic E-state index is 0.104. The second kappa shape index (κ2) is 4.89. The van der Waals surface area contributed by atoms with E-state index in [4.69, 9.17) is 9.63 Å². The molecule has 0 spiro atoms. The van der Waals surface area contributed by atoms with E-state index < -0.39 is 6.09 Å². The molecular formula is C13H13N5O3. The zero-order valence-corrected chi connectivity index (χ0v) is 11.5. The van der Waals surface area contributed by atoms with Gasteiger partial charge < -0.3 is 19.9 Å². The fourth-order valence-electron chi connectivity index (χ4n) is 2.22. The van der Waals surface area contributed by atoms with Crippen LogP contribution in [0.25, 0.3) is 22.3 Å². The summed E-state index contributed by atoms with van der Waals surface area (Å²) in [6, 6.07) is 1.89. The molecule has 3 aromatic heterocycles. The molecule has 3 heterocycles. The molecular weight excluding hydrogens is 274 g/mol. The van der Waals surface area contributed by atoms with Crippen molar-refractivity contribution in [3.8, 4) is 11.1 Å². The van der Waals surface area contributed by atoms with Crippen LogP contribution < -0.4 is 5.32 Å². The molecule has 1 amide bonds. The molecule has 8 heteroatoms. The van der Waals surface area contributed by atoms with Gasteiger partial charge in [-0.3, -0.25) is 0 Å². The van der Waals surface area contributed by atoms with Gasteiger partial charge in [0.25, 0.3) is 0 Å². The Labute approximate surface area is 119 Å². The second-order valence-electron chi connectivity index (χ2n) is 4.64. The first-order valence-electron chi connectivity index (χ1n) is 6.29. The summed E-state index contributed by atoms with van der Waals surface area (Å²) in [6.07, 6.45) is 0.601. The minimum Gasteiger partial charge on any atom is -0.465 e. The first-order valence-corrected chi connectivity index (χ1v) is 6.29. The predicted molar refractivity (Wildman–Crippen MR) is 73.7 cm³/mol. The van der Waals surface area contributed by atoms with Gasteiger partial charge in [0, 0.05) is 17.3 Å². The Morgan fingerprint density at radius 2 is 2.29 bits per heavy atom. The highest BCUT2D eigenvalue weighted by Gasteiger charge is 2.13. The number of aromatic amines is 1. The van der Waals surface area contributed by atoms with Gasteiger partial charge >= 0.3 is 6.09 Å². The number of aromatic nitrogens is 4. The van der Waals surface area contributed by atoms with E-state index in [1.54, 1.807) is 6.20 Å². The normalized spacial score (nSPS) is 11.0. The summed E-state index contributed by atoms with van der Waals surface area (Å²) in [5, 5.41) is 14.8. The molecule has 21 heavy (non-hydrogen) atoms. The van der Waals surface area contributed by atoms with Gasteiger partial charge in [-0.2, -0.15) is 0 Å². The van der Waals surface area contributed by atoms with Crippen molar-refractivity contribution in [1.29, 1.82) is 0 Å². The highest BCUT2D eigenvalue weighted by Crippen LogP contribution is 2.27. The number of aryl methyl sites for hydroxylation is 2. The van der Waals surface area contributed by atoms with Gasteiger partial charge in [0.1, 0.15) is 11.6 Å². The van der Waals surface area contributed by atoms with Gasteiger partial charge in [0.2, 0.25) is 0 Å². The lowest BCUT2D eigenvalue weighted by atomic mass is 10.1. The highest BCUT2D eigenvalue weighted by molar-refractivity contribution is 5.79. The van der Waals surface area contributed by atoms with Crippen LogP contribution in [0.3, 0.4) is 0 Å². The van der Waals surface area contributed by atoms with Crippen molar-refractivity contribution in [2.45, 2.75) is 20.4 Å². The van der Waals surface area contributed by atoms with Crippen LogP contribution in [0.2, 0.25) is 0 Å². The topological polar surface area (TPSA) is 117 Å². The Bertz CT molecular complexity index is 801. The van der Waals surface area contributed by atoms with E-state index in [1.807, 2.05) is 19.9 Å². The summed E-state index contributed by atoms with van der Waals surface area (Å²) in [5.74, 6) is 1.23. The van der Waals surface area contributed by atoms with Crippen molar-refractivity contribution < 1.29 is 14.4 Å². The fourth-order valence-corrected chi connectivity index (χ4v) is 2.22. The lowest BCUT2D eigenvalue weighted by Crippen LogP contribution is -2.20. The summed E-state index contributed by atoms with van der Waals surface area (Å²) in [5.41, 5.74) is 3.84. The molecule has 3 N–H and O–H groups in total. The summed E-state index contributed by atoms with van der Waals surface area (Å²) in [7, 11) is 0. The van der Waals surface area contributed by atoms with Crippen LogP contribution >= 0.6 is 0 Å². The maximum absolute atomic E-state index is 10.5. The summed E-state index contributed by atoms with van der Waals surface area (Å²) < 4.78 is 5.15. The molecule has 0 aromatic carbocycles. The third-order valence-corrected chi connectivity index (χ3v) is 3.12. The summed E-state index contributed by atoms with van der Waals surface area (Å²) in [4.78, 5) is 22.0. The number of hydrogen-bond donors (Lipinski definition) is 3. The zero-order valence-electron chi connectivity index (χ0n) is 11.5. The number of H-pyrrole nitrogens is 1. The zero-order chi connectivity index (χ0) is 15.0. The Kier molecular flexibility index (Phi) is 3.05. The number of fused-ring (bicyclic) bond motifs is 1. The van der Waals surface area contributed by atoms with Crippen LogP contribution in [0.1, 0.15) is 17.3 Å².